The van der Waals surface area contributed by atoms with E-state index < -0.39 is 6.10 Å². The van der Waals surface area contributed by atoms with E-state index in [4.69, 9.17) is 4.74 Å². The van der Waals surface area contributed by atoms with Gasteiger partial charge in [-0.2, -0.15) is 0 Å². The number of fused-ring (bicyclic) bond motifs is 1. The number of aliphatic hydroxyl groups is 1. The first-order valence-electron chi connectivity index (χ1n) is 4.83. The molecule has 0 bridgehead atoms. The molecule has 0 amide bonds. The average Bonchev–Trinajstić information content (AvgIpc) is 2.23. The van der Waals surface area contributed by atoms with E-state index in [1.807, 2.05) is 30.3 Å². The van der Waals surface area contributed by atoms with E-state index in [1.165, 1.54) is 0 Å². The van der Waals surface area contributed by atoms with E-state index in [0.29, 0.717) is 6.61 Å². The van der Waals surface area contributed by atoms with Gasteiger partial charge in [0.05, 0.1) is 12.7 Å². The third kappa shape index (κ3) is 1.53. The molecule has 1 aliphatic rings. The first kappa shape index (κ1) is 9.28. The summed E-state index contributed by atoms with van der Waals surface area (Å²) in [6.07, 6.45) is 2.19. The Morgan fingerprint density at radius 1 is 1.50 bits per heavy atom. The zero-order chi connectivity index (χ0) is 9.97. The number of para-hydroxylation sites is 1. The van der Waals surface area contributed by atoms with Crippen LogP contribution in [0, 0.1) is 5.92 Å². The molecule has 0 radical (unpaired) electrons. The molecule has 0 saturated carbocycles. The Kier molecular flexibility index (Phi) is 2.55. The third-order valence-corrected chi connectivity index (χ3v) is 2.61. The molecule has 2 rings (SSSR count). The van der Waals surface area contributed by atoms with Crippen molar-refractivity contribution < 1.29 is 9.84 Å². The predicted molar refractivity (Wildman–Crippen MR) is 55.2 cm³/mol. The first-order chi connectivity index (χ1) is 6.83. The molecule has 2 atom stereocenters. The van der Waals surface area contributed by atoms with Gasteiger partial charge >= 0.3 is 0 Å². The third-order valence-electron chi connectivity index (χ3n) is 2.61. The molecule has 14 heavy (non-hydrogen) atoms. The van der Waals surface area contributed by atoms with Crippen LogP contribution in [0.2, 0.25) is 0 Å². The Labute approximate surface area is 83.8 Å². The van der Waals surface area contributed by atoms with E-state index in [2.05, 4.69) is 6.58 Å². The van der Waals surface area contributed by atoms with Crippen molar-refractivity contribution in [3.8, 4) is 5.75 Å². The normalized spacial score (nSPS) is 24.9. The quantitative estimate of drug-likeness (QED) is 0.725. The molecule has 0 saturated heterocycles. The molecule has 74 valence electrons. The van der Waals surface area contributed by atoms with Crippen LogP contribution in [0.4, 0.5) is 0 Å². The van der Waals surface area contributed by atoms with Gasteiger partial charge in [0.1, 0.15) is 5.75 Å². The van der Waals surface area contributed by atoms with Gasteiger partial charge in [-0.15, -0.1) is 6.58 Å². The summed E-state index contributed by atoms with van der Waals surface area (Å²) in [5.41, 5.74) is 0.894. The van der Waals surface area contributed by atoms with Crippen LogP contribution in [0.25, 0.3) is 0 Å². The second kappa shape index (κ2) is 3.84. The molecule has 1 heterocycles. The number of benzene rings is 1. The number of aliphatic hydroxyl groups excluding tert-OH is 1. The molecule has 1 aromatic rings. The fraction of sp³-hybridized carbons (Fsp3) is 0.333. The lowest BCUT2D eigenvalue weighted by atomic mass is 9.91. The van der Waals surface area contributed by atoms with Gasteiger partial charge in [0.15, 0.2) is 0 Å². The number of hydrogen-bond donors (Lipinski definition) is 1. The predicted octanol–water partition coefficient (Wildman–Crippen LogP) is 2.30. The highest BCUT2D eigenvalue weighted by atomic mass is 16.5. The summed E-state index contributed by atoms with van der Waals surface area (Å²) in [6, 6.07) is 7.64. The summed E-state index contributed by atoms with van der Waals surface area (Å²) in [4.78, 5) is 0. The Balaban J connectivity index is 2.26. The molecular formula is C12H14O2. The second-order valence-corrected chi connectivity index (χ2v) is 3.58. The van der Waals surface area contributed by atoms with Crippen LogP contribution in [-0.2, 0) is 0 Å². The second-order valence-electron chi connectivity index (χ2n) is 3.58. The van der Waals surface area contributed by atoms with Crippen molar-refractivity contribution in [3.05, 3.63) is 42.5 Å². The maximum atomic E-state index is 10.0. The lowest BCUT2D eigenvalue weighted by molar-refractivity contribution is 0.0522. The Bertz CT molecular complexity index is 333. The van der Waals surface area contributed by atoms with Crippen molar-refractivity contribution in [3.63, 3.8) is 0 Å². The smallest absolute Gasteiger partial charge is 0.125 e. The van der Waals surface area contributed by atoms with E-state index in [-0.39, 0.29) is 5.92 Å². The highest BCUT2D eigenvalue weighted by Crippen LogP contribution is 2.36. The molecule has 1 aromatic carbocycles. The minimum Gasteiger partial charge on any atom is -0.493 e. The van der Waals surface area contributed by atoms with E-state index >= 15 is 0 Å². The summed E-state index contributed by atoms with van der Waals surface area (Å²) >= 11 is 0. The number of ether oxygens (including phenoxy) is 1. The standard InChI is InChI=1S/C12H14O2/c1-2-5-9-8-14-11-7-4-3-6-10(11)12(9)13/h2-4,6-7,9,12-13H,1,5,8H2. The number of hydrogen-bond acceptors (Lipinski definition) is 2. The van der Waals surface area contributed by atoms with Gasteiger partial charge in [-0.25, -0.2) is 0 Å². The van der Waals surface area contributed by atoms with E-state index in [9.17, 15) is 5.11 Å². The molecule has 0 spiro atoms. The topological polar surface area (TPSA) is 29.5 Å². The maximum Gasteiger partial charge on any atom is 0.125 e. The highest BCUT2D eigenvalue weighted by molar-refractivity contribution is 5.37. The van der Waals surface area contributed by atoms with Gasteiger partial charge in [-0.3, -0.25) is 0 Å². The fourth-order valence-corrected chi connectivity index (χ4v) is 1.81. The molecule has 1 N–H and O–H groups in total. The van der Waals surface area contributed by atoms with Gasteiger partial charge in [0, 0.05) is 11.5 Å². The van der Waals surface area contributed by atoms with Crippen molar-refractivity contribution in [2.24, 2.45) is 5.92 Å². The van der Waals surface area contributed by atoms with Crippen LogP contribution >= 0.6 is 0 Å². The van der Waals surface area contributed by atoms with Gasteiger partial charge in [0.25, 0.3) is 0 Å². The fourth-order valence-electron chi connectivity index (χ4n) is 1.81. The Morgan fingerprint density at radius 3 is 3.07 bits per heavy atom. The van der Waals surface area contributed by atoms with E-state index in [1.54, 1.807) is 0 Å². The monoisotopic (exact) mass is 190 g/mol. The summed E-state index contributed by atoms with van der Waals surface area (Å²) in [5.74, 6) is 0.947. The molecule has 0 aromatic heterocycles. The zero-order valence-electron chi connectivity index (χ0n) is 8.02. The summed E-state index contributed by atoms with van der Waals surface area (Å²) in [7, 11) is 0. The zero-order valence-corrected chi connectivity index (χ0v) is 8.02. The highest BCUT2D eigenvalue weighted by Gasteiger charge is 2.27. The summed E-state index contributed by atoms with van der Waals surface area (Å²) in [6.45, 7) is 4.25. The minimum atomic E-state index is -0.419. The Hall–Kier alpha value is -1.28. The van der Waals surface area contributed by atoms with Crippen LogP contribution < -0.4 is 4.74 Å². The summed E-state index contributed by atoms with van der Waals surface area (Å²) in [5, 5.41) is 10.0. The van der Waals surface area contributed by atoms with Crippen molar-refractivity contribution in [2.45, 2.75) is 12.5 Å². The van der Waals surface area contributed by atoms with Crippen molar-refractivity contribution in [1.29, 1.82) is 0 Å². The lowest BCUT2D eigenvalue weighted by Gasteiger charge is -2.29. The van der Waals surface area contributed by atoms with Gasteiger partial charge in [-0.05, 0) is 12.5 Å². The van der Waals surface area contributed by atoms with Crippen LogP contribution in [0.15, 0.2) is 36.9 Å². The molecule has 2 heteroatoms. The van der Waals surface area contributed by atoms with Crippen LogP contribution in [-0.4, -0.2) is 11.7 Å². The molecule has 2 unspecified atom stereocenters. The minimum absolute atomic E-state index is 0.141. The Morgan fingerprint density at radius 2 is 2.29 bits per heavy atom. The maximum absolute atomic E-state index is 10.0. The number of rotatable bonds is 2. The average molecular weight is 190 g/mol. The number of allylic oxidation sites excluding steroid dienone is 1. The first-order valence-corrected chi connectivity index (χ1v) is 4.83. The van der Waals surface area contributed by atoms with Crippen molar-refractivity contribution in [2.75, 3.05) is 6.61 Å². The lowest BCUT2D eigenvalue weighted by Crippen LogP contribution is -2.25. The van der Waals surface area contributed by atoms with Crippen molar-refractivity contribution in [1.82, 2.24) is 0 Å². The molecule has 0 aliphatic carbocycles. The SMILES string of the molecule is C=CCC1COc2ccccc2C1O. The van der Waals surface area contributed by atoms with Crippen LogP contribution in [0.3, 0.4) is 0 Å². The van der Waals surface area contributed by atoms with E-state index in [0.717, 1.165) is 17.7 Å². The molecule has 2 nitrogen and oxygen atoms in total. The summed E-state index contributed by atoms with van der Waals surface area (Å²) < 4.78 is 5.55. The molecule has 1 aliphatic heterocycles. The van der Waals surface area contributed by atoms with Crippen molar-refractivity contribution >= 4 is 0 Å². The molecular weight excluding hydrogens is 176 g/mol. The largest absolute Gasteiger partial charge is 0.493 e. The van der Waals surface area contributed by atoms with Gasteiger partial charge < -0.3 is 9.84 Å². The van der Waals surface area contributed by atoms with Gasteiger partial charge in [0.2, 0.25) is 0 Å². The van der Waals surface area contributed by atoms with Crippen LogP contribution in [0.5, 0.6) is 5.75 Å². The van der Waals surface area contributed by atoms with Crippen LogP contribution in [0.1, 0.15) is 18.1 Å². The molecule has 0 fully saturated rings. The van der Waals surface area contributed by atoms with Gasteiger partial charge in [-0.1, -0.05) is 24.3 Å².